The zero-order valence-corrected chi connectivity index (χ0v) is 23.3. The lowest BCUT2D eigenvalue weighted by Crippen LogP contribution is -2.13. The van der Waals surface area contributed by atoms with Crippen LogP contribution >= 0.6 is 0 Å². The van der Waals surface area contributed by atoms with Crippen molar-refractivity contribution < 1.29 is 17.9 Å². The fraction of sp³-hybridized carbons (Fsp3) is 0.429. The lowest BCUT2D eigenvalue weighted by Gasteiger charge is -2.27. The molecule has 0 saturated heterocycles. The molecule has 0 bridgehead atoms. The van der Waals surface area contributed by atoms with Gasteiger partial charge < -0.3 is 4.74 Å². The Labute approximate surface area is 232 Å². The van der Waals surface area contributed by atoms with Crippen molar-refractivity contribution in [3.05, 3.63) is 88.7 Å². The summed E-state index contributed by atoms with van der Waals surface area (Å²) in [5.74, 6) is -0.819. The maximum atomic E-state index is 14.9. The predicted octanol–water partition coefficient (Wildman–Crippen LogP) is 11.0. The van der Waals surface area contributed by atoms with Gasteiger partial charge in [-0.2, -0.15) is 0 Å². The second-order valence-electron chi connectivity index (χ2n) is 11.0. The molecule has 4 heteroatoms. The number of benzene rings is 3. The summed E-state index contributed by atoms with van der Waals surface area (Å²) in [5.41, 5.74) is 3.23. The van der Waals surface area contributed by atoms with E-state index < -0.39 is 11.6 Å². The van der Waals surface area contributed by atoms with E-state index >= 15 is 0 Å². The predicted molar refractivity (Wildman–Crippen MR) is 156 cm³/mol. The molecule has 0 atom stereocenters. The van der Waals surface area contributed by atoms with Crippen molar-refractivity contribution in [2.45, 2.75) is 84.0 Å². The average Bonchev–Trinajstić information content (AvgIpc) is 2.95. The van der Waals surface area contributed by atoms with E-state index in [0.29, 0.717) is 18.1 Å². The van der Waals surface area contributed by atoms with Crippen LogP contribution in [0.5, 0.6) is 5.75 Å². The molecule has 0 spiro atoms. The fourth-order valence-electron chi connectivity index (χ4n) is 5.43. The molecule has 0 radical (unpaired) electrons. The van der Waals surface area contributed by atoms with Crippen LogP contribution in [0.4, 0.5) is 13.2 Å². The van der Waals surface area contributed by atoms with Crippen LogP contribution in [0.1, 0.15) is 101 Å². The van der Waals surface area contributed by atoms with Crippen molar-refractivity contribution >= 4 is 12.2 Å². The van der Waals surface area contributed by atoms with E-state index in [1.165, 1.54) is 31.7 Å². The Bertz CT molecular complexity index is 1220. The summed E-state index contributed by atoms with van der Waals surface area (Å²) in [6, 6.07) is 16.0. The number of hydrogen-bond acceptors (Lipinski definition) is 1. The first-order valence-electron chi connectivity index (χ1n) is 14.6. The van der Waals surface area contributed by atoms with Crippen molar-refractivity contribution in [1.29, 1.82) is 0 Å². The van der Waals surface area contributed by atoms with E-state index in [1.54, 1.807) is 30.4 Å². The Morgan fingerprint density at radius 3 is 2.15 bits per heavy atom. The Morgan fingerprint density at radius 2 is 1.44 bits per heavy atom. The van der Waals surface area contributed by atoms with Crippen molar-refractivity contribution in [2.75, 3.05) is 6.61 Å². The molecule has 1 nitrogen and oxygen atoms in total. The summed E-state index contributed by atoms with van der Waals surface area (Å²) in [7, 11) is 0. The molecule has 1 saturated carbocycles. The van der Waals surface area contributed by atoms with Gasteiger partial charge in [-0.05, 0) is 65.5 Å². The number of rotatable bonds is 12. The summed E-state index contributed by atoms with van der Waals surface area (Å²) < 4.78 is 50.0. The average molecular weight is 535 g/mol. The number of ether oxygens (including phenoxy) is 1. The van der Waals surface area contributed by atoms with Gasteiger partial charge in [-0.15, -0.1) is 0 Å². The van der Waals surface area contributed by atoms with Crippen LogP contribution in [-0.2, 0) is 0 Å². The van der Waals surface area contributed by atoms with E-state index in [9.17, 15) is 13.2 Å². The third-order valence-electron chi connectivity index (χ3n) is 7.98. The number of hydrogen-bond donors (Lipinski definition) is 0. The SMILES string of the molecule is CCCCCCCCOc1ccc(-c2ccc(/C=C/c3ccc(C4CCC(C)CC4)c(F)c3F)cc2)cc1F. The maximum Gasteiger partial charge on any atom is 0.166 e. The zero-order chi connectivity index (χ0) is 27.6. The fourth-order valence-corrected chi connectivity index (χ4v) is 5.43. The molecule has 3 aromatic rings. The van der Waals surface area contributed by atoms with Gasteiger partial charge in [0.05, 0.1) is 6.61 Å². The van der Waals surface area contributed by atoms with Gasteiger partial charge in [0.1, 0.15) is 0 Å². The minimum atomic E-state index is -0.784. The highest BCUT2D eigenvalue weighted by Gasteiger charge is 2.24. The summed E-state index contributed by atoms with van der Waals surface area (Å²) in [5, 5.41) is 0. The minimum Gasteiger partial charge on any atom is -0.491 e. The molecule has 4 rings (SSSR count). The molecule has 0 amide bonds. The minimum absolute atomic E-state index is 0.104. The first kappa shape index (κ1) is 29.0. The smallest absolute Gasteiger partial charge is 0.166 e. The molecule has 0 unspecified atom stereocenters. The van der Waals surface area contributed by atoms with Gasteiger partial charge in [0.25, 0.3) is 0 Å². The van der Waals surface area contributed by atoms with Gasteiger partial charge in [-0.1, -0.05) is 113 Å². The quantitative estimate of drug-likeness (QED) is 0.166. The van der Waals surface area contributed by atoms with E-state index in [0.717, 1.165) is 55.2 Å². The summed E-state index contributed by atoms with van der Waals surface area (Å²) in [6.45, 7) is 4.94. The van der Waals surface area contributed by atoms with Crippen molar-refractivity contribution in [1.82, 2.24) is 0 Å². The molecule has 3 aromatic carbocycles. The van der Waals surface area contributed by atoms with Crippen LogP contribution in [-0.4, -0.2) is 6.61 Å². The Kier molecular flexibility index (Phi) is 10.7. The van der Waals surface area contributed by atoms with Crippen molar-refractivity contribution in [3.8, 4) is 16.9 Å². The highest BCUT2D eigenvalue weighted by molar-refractivity contribution is 5.72. The molecule has 0 aromatic heterocycles. The Hall–Kier alpha value is -3.01. The van der Waals surface area contributed by atoms with Crippen LogP contribution in [0.25, 0.3) is 23.3 Å². The summed E-state index contributed by atoms with van der Waals surface area (Å²) in [4.78, 5) is 0. The molecule has 208 valence electrons. The molecule has 39 heavy (non-hydrogen) atoms. The Morgan fingerprint density at radius 1 is 0.744 bits per heavy atom. The summed E-state index contributed by atoms with van der Waals surface area (Å²) >= 11 is 0. The van der Waals surface area contributed by atoms with Gasteiger partial charge in [-0.3, -0.25) is 0 Å². The molecular formula is C35H41F3O. The van der Waals surface area contributed by atoms with Gasteiger partial charge in [-0.25, -0.2) is 13.2 Å². The van der Waals surface area contributed by atoms with Crippen LogP contribution < -0.4 is 4.74 Å². The van der Waals surface area contributed by atoms with Crippen molar-refractivity contribution in [3.63, 3.8) is 0 Å². The third-order valence-corrected chi connectivity index (χ3v) is 7.98. The van der Waals surface area contributed by atoms with Gasteiger partial charge >= 0.3 is 0 Å². The second kappa shape index (κ2) is 14.4. The van der Waals surface area contributed by atoms with E-state index in [1.807, 2.05) is 30.3 Å². The van der Waals surface area contributed by atoms with Crippen LogP contribution in [0.3, 0.4) is 0 Å². The first-order valence-corrected chi connectivity index (χ1v) is 14.6. The van der Waals surface area contributed by atoms with Crippen LogP contribution in [0, 0.1) is 23.4 Å². The molecule has 1 fully saturated rings. The maximum absolute atomic E-state index is 14.9. The first-order chi connectivity index (χ1) is 19.0. The standard InChI is InChI=1S/C35H41F3O/c1-3-4-5-6-7-8-23-39-33-22-20-30(24-32(33)36)27-16-11-26(12-17-27)13-18-29-19-21-31(35(38)34(29)37)28-14-9-25(2)10-15-28/h11-13,16-22,24-25,28H,3-10,14-15,23H2,1-2H3/b18-13+. The number of halogens is 3. The normalized spacial score (nSPS) is 17.6. The lowest BCUT2D eigenvalue weighted by atomic mass is 9.79. The molecular weight excluding hydrogens is 493 g/mol. The zero-order valence-electron chi connectivity index (χ0n) is 23.3. The molecule has 1 aliphatic carbocycles. The molecule has 0 aliphatic heterocycles. The van der Waals surface area contributed by atoms with Gasteiger partial charge in [0.2, 0.25) is 0 Å². The third kappa shape index (κ3) is 8.00. The van der Waals surface area contributed by atoms with Crippen LogP contribution in [0.15, 0.2) is 54.6 Å². The topological polar surface area (TPSA) is 9.23 Å². The number of unbranched alkanes of at least 4 members (excludes halogenated alkanes) is 5. The van der Waals surface area contributed by atoms with Gasteiger partial charge in [0.15, 0.2) is 23.2 Å². The monoisotopic (exact) mass is 534 g/mol. The largest absolute Gasteiger partial charge is 0.491 e. The van der Waals surface area contributed by atoms with E-state index in [4.69, 9.17) is 4.74 Å². The van der Waals surface area contributed by atoms with E-state index in [2.05, 4.69) is 13.8 Å². The Balaban J connectivity index is 1.34. The summed E-state index contributed by atoms with van der Waals surface area (Å²) in [6.07, 6.45) is 14.3. The molecule has 0 heterocycles. The second-order valence-corrected chi connectivity index (χ2v) is 11.0. The molecule has 1 aliphatic rings. The highest BCUT2D eigenvalue weighted by Crippen LogP contribution is 2.37. The van der Waals surface area contributed by atoms with E-state index in [-0.39, 0.29) is 23.0 Å². The lowest BCUT2D eigenvalue weighted by molar-refractivity contribution is 0.290. The van der Waals surface area contributed by atoms with Crippen LogP contribution in [0.2, 0.25) is 0 Å². The molecule has 0 N–H and O–H groups in total. The highest BCUT2D eigenvalue weighted by atomic mass is 19.2. The van der Waals surface area contributed by atoms with Gasteiger partial charge in [0, 0.05) is 5.56 Å². The van der Waals surface area contributed by atoms with Crippen molar-refractivity contribution in [2.24, 2.45) is 5.92 Å².